The second-order valence-electron chi connectivity index (χ2n) is 7.81. The van der Waals surface area contributed by atoms with Crippen LogP contribution < -0.4 is 16.6 Å². The Morgan fingerprint density at radius 2 is 1.93 bits per heavy atom. The minimum atomic E-state index is -0.412. The zero-order valence-corrected chi connectivity index (χ0v) is 15.0. The van der Waals surface area contributed by atoms with Crippen LogP contribution in [0.2, 0.25) is 0 Å². The van der Waals surface area contributed by atoms with E-state index in [1.165, 1.54) is 10.6 Å². The quantitative estimate of drug-likeness (QED) is 0.806. The summed E-state index contributed by atoms with van der Waals surface area (Å²) in [7, 11) is 0. The van der Waals surface area contributed by atoms with Gasteiger partial charge in [0.1, 0.15) is 11.6 Å². The number of ether oxygens (including phenoxy) is 1. The first-order valence-electron chi connectivity index (χ1n) is 9.60. The van der Waals surface area contributed by atoms with Crippen molar-refractivity contribution in [2.75, 3.05) is 18.5 Å². The van der Waals surface area contributed by atoms with Crippen LogP contribution >= 0.6 is 0 Å². The molecule has 2 aromatic rings. The van der Waals surface area contributed by atoms with E-state index in [4.69, 9.17) is 4.74 Å². The van der Waals surface area contributed by atoms with Crippen LogP contribution in [-0.4, -0.2) is 22.8 Å². The molecule has 0 saturated carbocycles. The highest BCUT2D eigenvalue weighted by atomic mass is 19.1. The summed E-state index contributed by atoms with van der Waals surface area (Å²) in [6.07, 6.45) is 4.32. The first-order valence-corrected chi connectivity index (χ1v) is 9.60. The molecule has 0 bridgehead atoms. The van der Waals surface area contributed by atoms with Crippen molar-refractivity contribution in [1.82, 2.24) is 9.55 Å². The van der Waals surface area contributed by atoms with Gasteiger partial charge in [-0.25, -0.2) is 9.18 Å². The predicted molar refractivity (Wildman–Crippen MR) is 98.8 cm³/mol. The first-order chi connectivity index (χ1) is 13.1. The van der Waals surface area contributed by atoms with Crippen LogP contribution in [0.25, 0.3) is 0 Å². The average Bonchev–Trinajstić information content (AvgIpc) is 3.00. The second-order valence-corrected chi connectivity index (χ2v) is 7.81. The zero-order chi connectivity index (χ0) is 18.6. The Kier molecular flexibility index (Phi) is 3.75. The fourth-order valence-corrected chi connectivity index (χ4v) is 4.93. The number of nitrogens with one attached hydrogen (secondary N) is 2. The molecule has 1 aliphatic carbocycles. The van der Waals surface area contributed by atoms with Crippen LogP contribution in [0.1, 0.15) is 48.4 Å². The van der Waals surface area contributed by atoms with Crippen molar-refractivity contribution in [2.45, 2.75) is 50.1 Å². The summed E-state index contributed by atoms with van der Waals surface area (Å²) in [5.74, 6) is 0.239. The third-order valence-electron chi connectivity index (χ3n) is 6.36. The molecule has 1 aromatic heterocycles. The van der Waals surface area contributed by atoms with Crippen molar-refractivity contribution in [3.8, 4) is 0 Å². The Balaban J connectivity index is 1.56. The Morgan fingerprint density at radius 1 is 1.15 bits per heavy atom. The van der Waals surface area contributed by atoms with Crippen molar-refractivity contribution in [2.24, 2.45) is 0 Å². The Labute approximate surface area is 155 Å². The molecule has 6 nitrogen and oxygen atoms in total. The van der Waals surface area contributed by atoms with Crippen molar-refractivity contribution in [3.63, 3.8) is 0 Å². The minimum Gasteiger partial charge on any atom is -0.381 e. The van der Waals surface area contributed by atoms with Gasteiger partial charge in [0.25, 0.3) is 5.56 Å². The zero-order valence-electron chi connectivity index (χ0n) is 15.0. The molecule has 1 spiro atoms. The van der Waals surface area contributed by atoms with Crippen molar-refractivity contribution in [3.05, 3.63) is 61.5 Å². The van der Waals surface area contributed by atoms with E-state index in [9.17, 15) is 14.0 Å². The van der Waals surface area contributed by atoms with Gasteiger partial charge in [0.05, 0.1) is 11.1 Å². The van der Waals surface area contributed by atoms with Crippen LogP contribution in [0, 0.1) is 5.82 Å². The number of anilines is 1. The lowest BCUT2D eigenvalue weighted by molar-refractivity contribution is 0.0673. The number of halogens is 1. The number of rotatable bonds is 1. The second kappa shape index (κ2) is 6.05. The van der Waals surface area contributed by atoms with Gasteiger partial charge in [-0.2, -0.15) is 0 Å². The van der Waals surface area contributed by atoms with E-state index < -0.39 is 5.54 Å². The van der Waals surface area contributed by atoms with E-state index in [1.54, 1.807) is 6.07 Å². The summed E-state index contributed by atoms with van der Waals surface area (Å²) >= 11 is 0. The number of fused-ring (bicyclic) bond motifs is 3. The number of hydrogen-bond donors (Lipinski definition) is 2. The summed E-state index contributed by atoms with van der Waals surface area (Å²) < 4.78 is 20.5. The Bertz CT molecular complexity index is 1020. The largest absolute Gasteiger partial charge is 0.381 e. The molecule has 0 unspecified atom stereocenters. The van der Waals surface area contributed by atoms with Crippen molar-refractivity contribution < 1.29 is 9.13 Å². The van der Waals surface area contributed by atoms with Gasteiger partial charge in [0, 0.05) is 19.3 Å². The summed E-state index contributed by atoms with van der Waals surface area (Å²) in [6.45, 7) is 1.13. The van der Waals surface area contributed by atoms with E-state index in [2.05, 4.69) is 10.3 Å². The Hall–Kier alpha value is -2.41. The maximum absolute atomic E-state index is 13.8. The summed E-state index contributed by atoms with van der Waals surface area (Å²) in [4.78, 5) is 28.6. The normalized spacial score (nSPS) is 24.5. The molecular weight excluding hydrogens is 349 g/mol. The molecule has 0 amide bonds. The molecule has 142 valence electrons. The van der Waals surface area contributed by atoms with E-state index in [1.807, 2.05) is 6.07 Å². The molecule has 3 aliphatic rings. The highest BCUT2D eigenvalue weighted by molar-refractivity contribution is 5.54. The molecule has 1 saturated heterocycles. The van der Waals surface area contributed by atoms with Crippen LogP contribution in [0.15, 0.2) is 27.8 Å². The van der Waals surface area contributed by atoms with Gasteiger partial charge in [0.2, 0.25) is 0 Å². The van der Waals surface area contributed by atoms with E-state index in [0.29, 0.717) is 50.3 Å². The lowest BCUT2D eigenvalue weighted by atomic mass is 9.83. The predicted octanol–water partition coefficient (Wildman–Crippen LogP) is 2.23. The van der Waals surface area contributed by atoms with E-state index in [0.717, 1.165) is 24.0 Å². The standard InChI is InChI=1S/C20H22FN3O3/c21-13-2-1-12-3-7-20(16(12)11-13)8-4-15-17(23-20)22-19(26)24(18(15)25)14-5-9-27-10-6-14/h1-2,11,14,23H,3-10H2,(H,22,26)/t20-/m0/s1. The summed E-state index contributed by atoms with van der Waals surface area (Å²) in [6, 6.07) is 4.80. The summed E-state index contributed by atoms with van der Waals surface area (Å²) in [5.41, 5.74) is 1.70. The van der Waals surface area contributed by atoms with Gasteiger partial charge >= 0.3 is 5.69 Å². The number of H-pyrrole nitrogens is 1. The molecule has 7 heteroatoms. The molecule has 1 aromatic carbocycles. The van der Waals surface area contributed by atoms with Crippen LogP contribution in [-0.2, 0) is 23.1 Å². The van der Waals surface area contributed by atoms with E-state index in [-0.39, 0.29) is 23.1 Å². The lowest BCUT2D eigenvalue weighted by Gasteiger charge is -2.37. The maximum Gasteiger partial charge on any atom is 0.330 e. The lowest BCUT2D eigenvalue weighted by Crippen LogP contribution is -2.46. The molecule has 1 atom stereocenters. The fourth-order valence-electron chi connectivity index (χ4n) is 4.93. The maximum atomic E-state index is 13.8. The number of nitrogens with zero attached hydrogens (tertiary/aromatic N) is 1. The highest BCUT2D eigenvalue weighted by Gasteiger charge is 2.42. The number of aromatic amines is 1. The number of aryl methyl sites for hydroxylation is 1. The third kappa shape index (κ3) is 2.56. The molecule has 2 aliphatic heterocycles. The van der Waals surface area contributed by atoms with Gasteiger partial charge in [-0.1, -0.05) is 6.07 Å². The minimum absolute atomic E-state index is 0.113. The van der Waals surface area contributed by atoms with Crippen LogP contribution in [0.3, 0.4) is 0 Å². The fraction of sp³-hybridized carbons (Fsp3) is 0.500. The van der Waals surface area contributed by atoms with Gasteiger partial charge in [-0.15, -0.1) is 0 Å². The Morgan fingerprint density at radius 3 is 2.74 bits per heavy atom. The number of hydrogen-bond acceptors (Lipinski definition) is 4. The van der Waals surface area contributed by atoms with Crippen LogP contribution in [0.5, 0.6) is 0 Å². The van der Waals surface area contributed by atoms with Gasteiger partial charge in [0.15, 0.2) is 0 Å². The average molecular weight is 371 g/mol. The number of aromatic nitrogens is 2. The smallest absolute Gasteiger partial charge is 0.330 e. The highest BCUT2D eigenvalue weighted by Crippen LogP contribution is 2.45. The molecule has 3 heterocycles. The van der Waals surface area contributed by atoms with Gasteiger partial charge in [-0.3, -0.25) is 14.3 Å². The molecule has 1 fully saturated rings. The van der Waals surface area contributed by atoms with Gasteiger partial charge < -0.3 is 10.1 Å². The van der Waals surface area contributed by atoms with Crippen molar-refractivity contribution >= 4 is 5.82 Å². The topological polar surface area (TPSA) is 76.1 Å². The summed E-state index contributed by atoms with van der Waals surface area (Å²) in [5, 5.41) is 3.41. The third-order valence-corrected chi connectivity index (χ3v) is 6.36. The first kappa shape index (κ1) is 16.7. The monoisotopic (exact) mass is 371 g/mol. The molecule has 5 rings (SSSR count). The van der Waals surface area contributed by atoms with Gasteiger partial charge in [-0.05, 0) is 61.8 Å². The molecule has 2 N–H and O–H groups in total. The molecule has 27 heavy (non-hydrogen) atoms. The van der Waals surface area contributed by atoms with E-state index >= 15 is 0 Å². The number of benzene rings is 1. The molecule has 0 radical (unpaired) electrons. The molecular formula is C20H22FN3O3. The SMILES string of the molecule is O=c1[nH]c2c(c(=O)n1C1CCOCC1)CC[C@]1(CCc3ccc(F)cc31)N2. The van der Waals surface area contributed by atoms with Crippen LogP contribution in [0.4, 0.5) is 10.2 Å². The van der Waals surface area contributed by atoms with Crippen molar-refractivity contribution in [1.29, 1.82) is 0 Å².